The van der Waals surface area contributed by atoms with Crippen molar-refractivity contribution in [2.24, 2.45) is 0 Å². The molecule has 3 heterocycles. The lowest BCUT2D eigenvalue weighted by atomic mass is 10.1. The summed E-state index contributed by atoms with van der Waals surface area (Å²) >= 11 is 0. The smallest absolute Gasteiger partial charge is 0.259 e. The fourth-order valence-corrected chi connectivity index (χ4v) is 2.93. The summed E-state index contributed by atoms with van der Waals surface area (Å²) in [7, 11) is 0. The Kier molecular flexibility index (Phi) is 2.54. The Hall–Kier alpha value is -2.69. The molecule has 2 aromatic rings. The van der Waals surface area contributed by atoms with Crippen molar-refractivity contribution in [2.45, 2.75) is 12.8 Å². The molecule has 21 heavy (non-hydrogen) atoms. The van der Waals surface area contributed by atoms with Crippen LogP contribution in [0.2, 0.25) is 0 Å². The molecule has 1 aromatic carbocycles. The maximum Gasteiger partial charge on any atom is 0.259 e. The first-order valence-corrected chi connectivity index (χ1v) is 6.91. The summed E-state index contributed by atoms with van der Waals surface area (Å²) < 4.78 is 0. The zero-order valence-corrected chi connectivity index (χ0v) is 11.3. The van der Waals surface area contributed by atoms with Crippen molar-refractivity contribution in [3.8, 4) is 0 Å². The average Bonchev–Trinajstić information content (AvgIpc) is 3.07. The highest BCUT2D eigenvalue weighted by atomic mass is 16.2. The Labute approximate surface area is 121 Å². The van der Waals surface area contributed by atoms with E-state index in [0.29, 0.717) is 24.3 Å². The van der Waals surface area contributed by atoms with Crippen molar-refractivity contribution >= 4 is 23.3 Å². The highest BCUT2D eigenvalue weighted by molar-refractivity contribution is 6.08. The number of anilines is 2. The molecule has 0 fully saturated rings. The van der Waals surface area contributed by atoms with Crippen molar-refractivity contribution in [3.05, 3.63) is 53.2 Å². The number of hydrogen-bond donors (Lipinski definition) is 1. The van der Waals surface area contributed by atoms with Gasteiger partial charge in [0.25, 0.3) is 5.91 Å². The van der Waals surface area contributed by atoms with Crippen molar-refractivity contribution in [1.82, 2.24) is 4.98 Å². The second-order valence-corrected chi connectivity index (χ2v) is 5.29. The van der Waals surface area contributed by atoms with Gasteiger partial charge in [-0.05, 0) is 24.1 Å². The van der Waals surface area contributed by atoms with E-state index in [-0.39, 0.29) is 11.8 Å². The number of amides is 2. The molecule has 0 radical (unpaired) electrons. The van der Waals surface area contributed by atoms with Gasteiger partial charge in [-0.3, -0.25) is 9.59 Å². The van der Waals surface area contributed by atoms with E-state index in [4.69, 9.17) is 0 Å². The molecule has 1 N–H and O–H groups in total. The molecule has 0 saturated carbocycles. The van der Waals surface area contributed by atoms with Gasteiger partial charge < -0.3 is 10.2 Å². The molecule has 0 unspecified atom stereocenters. The number of rotatable bonds is 1. The van der Waals surface area contributed by atoms with E-state index in [2.05, 4.69) is 10.3 Å². The monoisotopic (exact) mass is 279 g/mol. The molecular weight excluding hydrogens is 266 g/mol. The number of carbonyl (C=O) groups is 2. The maximum atomic E-state index is 12.7. The van der Waals surface area contributed by atoms with Gasteiger partial charge in [0.2, 0.25) is 5.91 Å². The summed E-state index contributed by atoms with van der Waals surface area (Å²) in [6, 6.07) is 9.71. The zero-order valence-electron chi connectivity index (χ0n) is 11.3. The molecule has 4 rings (SSSR count). The van der Waals surface area contributed by atoms with Crippen molar-refractivity contribution in [2.75, 3.05) is 16.8 Å². The number of benzene rings is 1. The van der Waals surface area contributed by atoms with Gasteiger partial charge in [-0.15, -0.1) is 0 Å². The van der Waals surface area contributed by atoms with E-state index in [1.807, 2.05) is 24.3 Å². The van der Waals surface area contributed by atoms with Crippen LogP contribution >= 0.6 is 0 Å². The van der Waals surface area contributed by atoms with Crippen LogP contribution in [0.1, 0.15) is 21.5 Å². The number of pyridine rings is 1. The number of nitrogens with zero attached hydrogens (tertiary/aromatic N) is 2. The predicted molar refractivity (Wildman–Crippen MR) is 78.4 cm³/mol. The Bertz CT molecular complexity index is 770. The quantitative estimate of drug-likeness (QED) is 0.865. The molecule has 2 aliphatic heterocycles. The van der Waals surface area contributed by atoms with Gasteiger partial charge in [0.05, 0.1) is 12.0 Å². The number of nitrogens with one attached hydrogen (secondary N) is 1. The summed E-state index contributed by atoms with van der Waals surface area (Å²) in [6.45, 7) is 0.687. The van der Waals surface area contributed by atoms with Gasteiger partial charge in [0.15, 0.2) is 0 Å². The molecule has 0 atom stereocenters. The van der Waals surface area contributed by atoms with Gasteiger partial charge in [0, 0.05) is 24.0 Å². The van der Waals surface area contributed by atoms with Crippen LogP contribution in [-0.4, -0.2) is 23.3 Å². The summed E-state index contributed by atoms with van der Waals surface area (Å²) in [5.41, 5.74) is 3.48. The second-order valence-electron chi connectivity index (χ2n) is 5.29. The van der Waals surface area contributed by atoms with E-state index in [1.165, 1.54) is 11.8 Å². The van der Waals surface area contributed by atoms with Crippen LogP contribution in [-0.2, 0) is 17.6 Å². The molecule has 0 bridgehead atoms. The fourth-order valence-electron chi connectivity index (χ4n) is 2.93. The SMILES string of the molecule is O=C1Cc2cc(C(=O)N3CCc4ccccc43)cnc2N1. The zero-order chi connectivity index (χ0) is 14.4. The average molecular weight is 279 g/mol. The molecule has 1 aromatic heterocycles. The van der Waals surface area contributed by atoms with Gasteiger partial charge in [0.1, 0.15) is 5.82 Å². The number of carbonyl (C=O) groups excluding carboxylic acids is 2. The summed E-state index contributed by atoms with van der Waals surface area (Å²) in [6.07, 6.45) is 2.70. The van der Waals surface area contributed by atoms with Crippen LogP contribution in [0.25, 0.3) is 0 Å². The maximum absolute atomic E-state index is 12.7. The Morgan fingerprint density at radius 1 is 1.24 bits per heavy atom. The minimum Gasteiger partial charge on any atom is -0.310 e. The normalized spacial score (nSPS) is 15.6. The lowest BCUT2D eigenvalue weighted by Gasteiger charge is -2.17. The third-order valence-electron chi connectivity index (χ3n) is 3.95. The Morgan fingerprint density at radius 3 is 3.00 bits per heavy atom. The Balaban J connectivity index is 1.68. The van der Waals surface area contributed by atoms with Gasteiger partial charge in [-0.1, -0.05) is 18.2 Å². The standard InChI is InChI=1S/C16H13N3O2/c20-14-8-11-7-12(9-17-15(11)18-14)16(21)19-6-5-10-3-1-2-4-13(10)19/h1-4,7,9H,5-6,8H2,(H,17,18,20). The molecule has 2 aliphatic rings. The number of hydrogen-bond acceptors (Lipinski definition) is 3. The van der Waals surface area contributed by atoms with Crippen molar-refractivity contribution in [3.63, 3.8) is 0 Å². The van der Waals surface area contributed by atoms with Gasteiger partial charge in [-0.25, -0.2) is 4.98 Å². The van der Waals surface area contributed by atoms with E-state index in [0.717, 1.165) is 17.7 Å². The van der Waals surface area contributed by atoms with Crippen LogP contribution in [0.4, 0.5) is 11.5 Å². The third kappa shape index (κ3) is 1.89. The van der Waals surface area contributed by atoms with Crippen LogP contribution in [0, 0.1) is 0 Å². The molecule has 0 spiro atoms. The van der Waals surface area contributed by atoms with Crippen LogP contribution in [0.5, 0.6) is 0 Å². The van der Waals surface area contributed by atoms with Crippen LogP contribution < -0.4 is 10.2 Å². The molecule has 104 valence electrons. The summed E-state index contributed by atoms with van der Waals surface area (Å²) in [5.74, 6) is 0.432. The Morgan fingerprint density at radius 2 is 2.10 bits per heavy atom. The molecule has 5 nitrogen and oxygen atoms in total. The van der Waals surface area contributed by atoms with Crippen LogP contribution in [0.15, 0.2) is 36.5 Å². The highest BCUT2D eigenvalue weighted by Crippen LogP contribution is 2.29. The van der Waals surface area contributed by atoms with Crippen LogP contribution in [0.3, 0.4) is 0 Å². The lowest BCUT2D eigenvalue weighted by molar-refractivity contribution is -0.115. The predicted octanol–water partition coefficient (Wildman–Crippen LogP) is 1.78. The van der Waals surface area contributed by atoms with E-state index in [9.17, 15) is 9.59 Å². The molecule has 0 aliphatic carbocycles. The fraction of sp³-hybridized carbons (Fsp3) is 0.188. The first-order chi connectivity index (χ1) is 10.2. The summed E-state index contributed by atoms with van der Waals surface area (Å²) in [4.78, 5) is 30.0. The van der Waals surface area contributed by atoms with E-state index < -0.39 is 0 Å². The van der Waals surface area contributed by atoms with Gasteiger partial charge >= 0.3 is 0 Å². The topological polar surface area (TPSA) is 62.3 Å². The molecule has 0 saturated heterocycles. The largest absolute Gasteiger partial charge is 0.310 e. The third-order valence-corrected chi connectivity index (χ3v) is 3.95. The van der Waals surface area contributed by atoms with E-state index in [1.54, 1.807) is 11.0 Å². The first kappa shape index (κ1) is 12.1. The number of para-hydroxylation sites is 1. The summed E-state index contributed by atoms with van der Waals surface area (Å²) in [5, 5.41) is 2.67. The lowest BCUT2D eigenvalue weighted by Crippen LogP contribution is -2.29. The highest BCUT2D eigenvalue weighted by Gasteiger charge is 2.27. The minimum absolute atomic E-state index is 0.0606. The second kappa shape index (κ2) is 4.41. The minimum atomic E-state index is -0.0754. The van der Waals surface area contributed by atoms with Gasteiger partial charge in [-0.2, -0.15) is 0 Å². The van der Waals surface area contributed by atoms with E-state index >= 15 is 0 Å². The molecule has 2 amide bonds. The molecular formula is C16H13N3O2. The molecule has 5 heteroatoms. The number of fused-ring (bicyclic) bond motifs is 2. The first-order valence-electron chi connectivity index (χ1n) is 6.91. The number of aromatic nitrogens is 1. The van der Waals surface area contributed by atoms with Crippen molar-refractivity contribution in [1.29, 1.82) is 0 Å². The van der Waals surface area contributed by atoms with Crippen molar-refractivity contribution < 1.29 is 9.59 Å².